The number of benzene rings is 3. The SMILES string of the molecule is CCn1c(O)c(CS(=O)(=O)O)c(C)c(N=Nc2ccc(C(=O)Nc3ccc(-c4nc5ccc(C)c(S(=O)(=O)O)c5s4)cc3)cc2)c1=O. The molecule has 47 heavy (non-hydrogen) atoms. The Morgan fingerprint density at radius 2 is 1.62 bits per heavy atom. The minimum atomic E-state index is -4.52. The number of aromatic nitrogens is 2. The Morgan fingerprint density at radius 3 is 2.21 bits per heavy atom. The number of pyridine rings is 1. The van der Waals surface area contributed by atoms with E-state index in [0.717, 1.165) is 15.9 Å². The van der Waals surface area contributed by atoms with Gasteiger partial charge < -0.3 is 10.4 Å². The molecule has 0 radical (unpaired) electrons. The zero-order valence-corrected chi connectivity index (χ0v) is 27.4. The van der Waals surface area contributed by atoms with Gasteiger partial charge in [-0.3, -0.25) is 23.3 Å². The fourth-order valence-corrected chi connectivity index (χ4v) is 7.85. The van der Waals surface area contributed by atoms with Gasteiger partial charge in [0.15, 0.2) is 11.6 Å². The first-order valence-electron chi connectivity index (χ1n) is 13.8. The van der Waals surface area contributed by atoms with Gasteiger partial charge in [-0.15, -0.1) is 16.5 Å². The van der Waals surface area contributed by atoms with Crippen LogP contribution in [0, 0.1) is 13.8 Å². The number of rotatable bonds is 9. The summed E-state index contributed by atoms with van der Waals surface area (Å²) < 4.78 is 67.1. The minimum absolute atomic E-state index is 0.0120. The molecular weight excluding hydrogens is 671 g/mol. The van der Waals surface area contributed by atoms with Crippen molar-refractivity contribution in [1.82, 2.24) is 9.55 Å². The number of aromatic hydroxyl groups is 1. The maximum Gasteiger partial charge on any atom is 0.296 e. The molecule has 0 saturated heterocycles. The van der Waals surface area contributed by atoms with Gasteiger partial charge in [-0.2, -0.15) is 21.9 Å². The van der Waals surface area contributed by atoms with Crippen LogP contribution in [0.25, 0.3) is 20.8 Å². The summed E-state index contributed by atoms with van der Waals surface area (Å²) in [7, 11) is -8.97. The predicted octanol–water partition coefficient (Wildman–Crippen LogP) is 5.77. The molecule has 0 aliphatic rings. The third-order valence-corrected chi connectivity index (χ3v) is 10.1. The second-order valence-corrected chi connectivity index (χ2v) is 14.2. The molecule has 0 saturated carbocycles. The molecule has 0 spiro atoms. The summed E-state index contributed by atoms with van der Waals surface area (Å²) >= 11 is 1.13. The summed E-state index contributed by atoms with van der Waals surface area (Å²) in [6.45, 7) is 4.56. The lowest BCUT2D eigenvalue weighted by molar-refractivity contribution is 0.102. The number of amides is 1. The number of fused-ring (bicyclic) bond motifs is 1. The molecule has 0 unspecified atom stereocenters. The van der Waals surface area contributed by atoms with Crippen LogP contribution in [0.1, 0.15) is 34.0 Å². The Labute approximate surface area is 272 Å². The van der Waals surface area contributed by atoms with Gasteiger partial charge >= 0.3 is 0 Å². The van der Waals surface area contributed by atoms with Crippen molar-refractivity contribution in [1.29, 1.82) is 0 Å². The van der Waals surface area contributed by atoms with Crippen LogP contribution in [-0.2, 0) is 32.5 Å². The van der Waals surface area contributed by atoms with Gasteiger partial charge in [0.1, 0.15) is 15.7 Å². The van der Waals surface area contributed by atoms with Gasteiger partial charge in [0.2, 0.25) is 0 Å². The van der Waals surface area contributed by atoms with Crippen molar-refractivity contribution in [2.45, 2.75) is 38.0 Å². The average Bonchev–Trinajstić information content (AvgIpc) is 3.43. The zero-order chi connectivity index (χ0) is 34.3. The second-order valence-electron chi connectivity index (χ2n) is 10.4. The van der Waals surface area contributed by atoms with Crippen molar-refractivity contribution >= 4 is 64.8 Å². The van der Waals surface area contributed by atoms with Gasteiger partial charge in [0.05, 0.1) is 15.9 Å². The Hall–Kier alpha value is -4.81. The standard InChI is InChI=1S/C30H27N5O9S3/c1-4-35-29(37)22(15-46(39,40)41)17(3)24(30(35)38)34-33-21-12-6-18(7-13-21)27(36)31-20-10-8-19(9-11-20)28-32-23-14-5-16(2)26(25(23)45-28)47(42,43)44/h5-14,37H,4,15H2,1-3H3,(H,31,36)(H,39,40,41)(H,42,43,44). The van der Waals surface area contributed by atoms with E-state index >= 15 is 0 Å². The molecule has 2 heterocycles. The van der Waals surface area contributed by atoms with Crippen LogP contribution in [0.5, 0.6) is 5.88 Å². The maximum absolute atomic E-state index is 12.9. The van der Waals surface area contributed by atoms with Gasteiger partial charge in [-0.05, 0) is 86.5 Å². The number of nitrogens with one attached hydrogen (secondary N) is 1. The van der Waals surface area contributed by atoms with Gasteiger partial charge in [0, 0.05) is 28.9 Å². The number of anilines is 1. The van der Waals surface area contributed by atoms with E-state index in [1.165, 1.54) is 31.2 Å². The summed E-state index contributed by atoms with van der Waals surface area (Å²) in [4.78, 5) is 30.1. The quantitative estimate of drug-likeness (QED) is 0.108. The molecule has 17 heteroatoms. The van der Waals surface area contributed by atoms with Crippen molar-refractivity contribution < 1.29 is 35.8 Å². The third-order valence-electron chi connectivity index (χ3n) is 7.18. The highest BCUT2D eigenvalue weighted by molar-refractivity contribution is 7.86. The van der Waals surface area contributed by atoms with Crippen molar-refractivity contribution in [3.05, 3.63) is 93.3 Å². The second kappa shape index (κ2) is 12.8. The molecular formula is C30H27N5O9S3. The normalized spacial score (nSPS) is 12.2. The smallest absolute Gasteiger partial charge is 0.296 e. The Balaban J connectivity index is 1.32. The molecule has 0 atom stereocenters. The van der Waals surface area contributed by atoms with Crippen LogP contribution in [0.4, 0.5) is 17.1 Å². The molecule has 2 aromatic heterocycles. The largest absolute Gasteiger partial charge is 0.494 e. The molecule has 1 amide bonds. The molecule has 3 aromatic carbocycles. The number of hydrogen-bond acceptors (Lipinski definition) is 11. The van der Waals surface area contributed by atoms with E-state index in [0.29, 0.717) is 32.0 Å². The van der Waals surface area contributed by atoms with E-state index in [1.54, 1.807) is 50.2 Å². The summed E-state index contributed by atoms with van der Waals surface area (Å²) in [6, 6.07) is 16.0. The van der Waals surface area contributed by atoms with E-state index in [2.05, 4.69) is 20.5 Å². The Kier molecular flexibility index (Phi) is 9.11. The number of azo groups is 1. The monoisotopic (exact) mass is 697 g/mol. The summed E-state index contributed by atoms with van der Waals surface area (Å²) in [5.74, 6) is -1.93. The molecule has 244 valence electrons. The van der Waals surface area contributed by atoms with Crippen LogP contribution in [0.15, 0.2) is 80.6 Å². The highest BCUT2D eigenvalue weighted by Crippen LogP contribution is 2.36. The molecule has 14 nitrogen and oxygen atoms in total. The van der Waals surface area contributed by atoms with Crippen molar-refractivity contribution in [3.8, 4) is 16.5 Å². The highest BCUT2D eigenvalue weighted by Gasteiger charge is 2.23. The summed E-state index contributed by atoms with van der Waals surface area (Å²) in [6.07, 6.45) is 0. The molecule has 5 rings (SSSR count). The first-order valence-corrected chi connectivity index (χ1v) is 17.7. The average molecular weight is 698 g/mol. The fourth-order valence-electron chi connectivity index (χ4n) is 4.82. The van der Waals surface area contributed by atoms with Crippen LogP contribution in [0.2, 0.25) is 0 Å². The summed E-state index contributed by atoms with van der Waals surface area (Å²) in [5.41, 5.74) is 1.52. The van der Waals surface area contributed by atoms with Crippen LogP contribution in [-0.4, -0.2) is 46.5 Å². The minimum Gasteiger partial charge on any atom is -0.494 e. The van der Waals surface area contributed by atoms with E-state index in [-0.39, 0.29) is 39.5 Å². The Bertz CT molecular complexity index is 2350. The van der Waals surface area contributed by atoms with E-state index in [1.807, 2.05) is 0 Å². The topological polar surface area (TPSA) is 218 Å². The third kappa shape index (κ3) is 7.13. The highest BCUT2D eigenvalue weighted by atomic mass is 32.2. The number of hydrogen-bond donors (Lipinski definition) is 4. The van der Waals surface area contributed by atoms with Crippen LogP contribution in [0.3, 0.4) is 0 Å². The number of thiazole rings is 1. The molecule has 4 N–H and O–H groups in total. The number of carbonyl (C=O) groups excluding carboxylic acids is 1. The van der Waals surface area contributed by atoms with Gasteiger partial charge in [-0.1, -0.05) is 6.07 Å². The first-order chi connectivity index (χ1) is 22.1. The lowest BCUT2D eigenvalue weighted by Crippen LogP contribution is -2.22. The van der Waals surface area contributed by atoms with E-state index < -0.39 is 43.3 Å². The lowest BCUT2D eigenvalue weighted by atomic mass is 10.1. The number of nitrogens with zero attached hydrogens (tertiary/aromatic N) is 4. The first kappa shape index (κ1) is 33.6. The summed E-state index contributed by atoms with van der Waals surface area (Å²) in [5, 5.41) is 21.7. The van der Waals surface area contributed by atoms with Crippen LogP contribution >= 0.6 is 11.3 Å². The van der Waals surface area contributed by atoms with E-state index in [9.17, 15) is 40.6 Å². The van der Waals surface area contributed by atoms with E-state index in [4.69, 9.17) is 0 Å². The fraction of sp³-hybridized carbons (Fsp3) is 0.167. The lowest BCUT2D eigenvalue weighted by Gasteiger charge is -2.14. The predicted molar refractivity (Wildman–Crippen MR) is 176 cm³/mol. The van der Waals surface area contributed by atoms with Gasteiger partial charge in [0.25, 0.3) is 31.7 Å². The Morgan fingerprint density at radius 1 is 0.957 bits per heavy atom. The zero-order valence-electron chi connectivity index (χ0n) is 25.0. The molecule has 0 aliphatic carbocycles. The van der Waals surface area contributed by atoms with Crippen molar-refractivity contribution in [2.75, 3.05) is 5.32 Å². The molecule has 5 aromatic rings. The maximum atomic E-state index is 12.9. The van der Waals surface area contributed by atoms with Crippen molar-refractivity contribution in [3.63, 3.8) is 0 Å². The molecule has 0 bridgehead atoms. The van der Waals surface area contributed by atoms with Crippen LogP contribution < -0.4 is 10.9 Å². The van der Waals surface area contributed by atoms with Gasteiger partial charge in [-0.25, -0.2) is 4.98 Å². The molecule has 0 aliphatic heterocycles. The van der Waals surface area contributed by atoms with Crippen molar-refractivity contribution in [2.24, 2.45) is 10.2 Å². The number of carbonyl (C=O) groups is 1. The number of aryl methyl sites for hydroxylation is 1. The molecule has 0 fully saturated rings.